The second kappa shape index (κ2) is 6.23. The molecule has 0 atom stereocenters. The van der Waals surface area contributed by atoms with Gasteiger partial charge >= 0.3 is 0 Å². The Kier molecular flexibility index (Phi) is 4.29. The van der Waals surface area contributed by atoms with Crippen LogP contribution in [0.4, 0.5) is 0 Å². The summed E-state index contributed by atoms with van der Waals surface area (Å²) >= 11 is 1.48. The predicted molar refractivity (Wildman–Crippen MR) is 87.6 cm³/mol. The van der Waals surface area contributed by atoms with Gasteiger partial charge < -0.3 is 4.42 Å². The van der Waals surface area contributed by atoms with E-state index in [0.29, 0.717) is 5.89 Å². The molecule has 23 heavy (non-hydrogen) atoms. The number of thiophene rings is 1. The molecule has 3 rings (SSSR count). The molecule has 1 N–H and O–H groups in total. The highest BCUT2D eigenvalue weighted by Gasteiger charge is 2.17. The summed E-state index contributed by atoms with van der Waals surface area (Å²) in [6.07, 6.45) is 0. The Hall–Kier alpha value is -2.03. The van der Waals surface area contributed by atoms with Gasteiger partial charge in [0.1, 0.15) is 0 Å². The number of nitrogens with one attached hydrogen (secondary N) is 1. The van der Waals surface area contributed by atoms with Crippen LogP contribution in [-0.4, -0.2) is 18.6 Å². The minimum Gasteiger partial charge on any atom is -0.418 e. The van der Waals surface area contributed by atoms with E-state index in [9.17, 15) is 8.42 Å². The maximum atomic E-state index is 12.3. The van der Waals surface area contributed by atoms with E-state index in [1.54, 1.807) is 18.2 Å². The smallest absolute Gasteiger partial charge is 0.257 e. The average molecular weight is 349 g/mol. The number of nitrogens with zero attached hydrogens (tertiary/aromatic N) is 2. The second-order valence-electron chi connectivity index (χ2n) is 5.05. The fraction of sp³-hybridized carbons (Fsp3) is 0.200. The number of hydrogen-bond donors (Lipinski definition) is 1. The van der Waals surface area contributed by atoms with Crippen LogP contribution in [0.1, 0.15) is 17.0 Å². The Balaban J connectivity index is 1.73. The van der Waals surface area contributed by atoms with E-state index in [0.717, 1.165) is 16.0 Å². The molecule has 6 nitrogen and oxygen atoms in total. The molecule has 0 spiro atoms. The van der Waals surface area contributed by atoms with Crippen LogP contribution in [0, 0.1) is 13.8 Å². The molecule has 0 aliphatic rings. The fourth-order valence-electron chi connectivity index (χ4n) is 1.95. The third-order valence-corrected chi connectivity index (χ3v) is 5.66. The number of benzene rings is 1. The van der Waals surface area contributed by atoms with Crippen molar-refractivity contribution in [1.82, 2.24) is 14.9 Å². The van der Waals surface area contributed by atoms with Crippen LogP contribution < -0.4 is 4.72 Å². The number of sulfonamides is 1. The summed E-state index contributed by atoms with van der Waals surface area (Å²) in [5.74, 6) is 0.612. The van der Waals surface area contributed by atoms with Crippen LogP contribution in [0.5, 0.6) is 0 Å². The summed E-state index contributed by atoms with van der Waals surface area (Å²) in [5, 5.41) is 9.68. The Morgan fingerprint density at radius 3 is 2.70 bits per heavy atom. The van der Waals surface area contributed by atoms with Crippen molar-refractivity contribution in [2.24, 2.45) is 0 Å². The summed E-state index contributed by atoms with van der Waals surface area (Å²) in [6, 6.07) is 8.75. The van der Waals surface area contributed by atoms with Gasteiger partial charge in [-0.1, -0.05) is 12.1 Å². The third-order valence-electron chi connectivity index (χ3n) is 3.40. The second-order valence-corrected chi connectivity index (χ2v) is 7.76. The Morgan fingerprint density at radius 1 is 1.17 bits per heavy atom. The third kappa shape index (κ3) is 3.49. The molecular formula is C15H15N3O3S2. The minimum atomic E-state index is -3.62. The van der Waals surface area contributed by atoms with Crippen molar-refractivity contribution in [3.8, 4) is 10.8 Å². The molecule has 0 aliphatic heterocycles. The van der Waals surface area contributed by atoms with Crippen LogP contribution in [0.3, 0.4) is 0 Å². The van der Waals surface area contributed by atoms with Crippen molar-refractivity contribution in [2.75, 3.05) is 0 Å². The number of aryl methyl sites for hydroxylation is 2. The maximum Gasteiger partial charge on any atom is 0.257 e. The van der Waals surface area contributed by atoms with Crippen LogP contribution >= 0.6 is 11.3 Å². The highest BCUT2D eigenvalue weighted by molar-refractivity contribution is 7.89. The standard InChI is InChI=1S/C15H15N3O3S2/c1-10-5-6-12(8-11(10)2)23(19,20)16-9-14-17-18-15(21-14)13-4-3-7-22-13/h3-8,16H,9H2,1-2H3. The lowest BCUT2D eigenvalue weighted by molar-refractivity contribution is 0.495. The predicted octanol–water partition coefficient (Wildman–Crippen LogP) is 2.89. The van der Waals surface area contributed by atoms with E-state index in [2.05, 4.69) is 14.9 Å². The summed E-state index contributed by atoms with van der Waals surface area (Å²) < 4.78 is 32.6. The molecule has 0 amide bonds. The van der Waals surface area contributed by atoms with E-state index in [4.69, 9.17) is 4.42 Å². The SMILES string of the molecule is Cc1ccc(S(=O)(=O)NCc2nnc(-c3cccs3)o2)cc1C. The zero-order valence-corrected chi connectivity index (χ0v) is 14.2. The Morgan fingerprint density at radius 2 is 2.00 bits per heavy atom. The highest BCUT2D eigenvalue weighted by atomic mass is 32.2. The van der Waals surface area contributed by atoms with Gasteiger partial charge in [0.2, 0.25) is 15.9 Å². The van der Waals surface area contributed by atoms with E-state index in [1.807, 2.05) is 31.4 Å². The van der Waals surface area contributed by atoms with Gasteiger partial charge in [0, 0.05) is 0 Å². The first kappa shape index (κ1) is 15.9. The lowest BCUT2D eigenvalue weighted by Gasteiger charge is -2.07. The van der Waals surface area contributed by atoms with Crippen molar-refractivity contribution in [3.05, 3.63) is 52.7 Å². The molecule has 0 bridgehead atoms. The van der Waals surface area contributed by atoms with Crippen molar-refractivity contribution < 1.29 is 12.8 Å². The first-order valence-electron chi connectivity index (χ1n) is 6.89. The molecule has 0 unspecified atom stereocenters. The van der Waals surface area contributed by atoms with Gasteiger partial charge in [-0.3, -0.25) is 0 Å². The Bertz CT molecular complexity index is 915. The molecule has 3 aromatic rings. The summed E-state index contributed by atoms with van der Waals surface area (Å²) in [4.78, 5) is 1.07. The monoisotopic (exact) mass is 349 g/mol. The van der Waals surface area contributed by atoms with E-state index >= 15 is 0 Å². The zero-order chi connectivity index (χ0) is 16.4. The highest BCUT2D eigenvalue weighted by Crippen LogP contribution is 2.23. The van der Waals surface area contributed by atoms with E-state index < -0.39 is 10.0 Å². The lowest BCUT2D eigenvalue weighted by atomic mass is 10.1. The molecular weight excluding hydrogens is 334 g/mol. The molecule has 0 saturated heterocycles. The maximum absolute atomic E-state index is 12.3. The van der Waals surface area contributed by atoms with Crippen molar-refractivity contribution in [3.63, 3.8) is 0 Å². The van der Waals surface area contributed by atoms with E-state index in [1.165, 1.54) is 11.3 Å². The normalized spacial score (nSPS) is 11.7. The van der Waals surface area contributed by atoms with Gasteiger partial charge in [-0.25, -0.2) is 13.1 Å². The Labute approximate surface area is 138 Å². The average Bonchev–Trinajstić information content (AvgIpc) is 3.18. The van der Waals surface area contributed by atoms with Gasteiger partial charge in [-0.05, 0) is 48.6 Å². The molecule has 2 aromatic heterocycles. The first-order valence-corrected chi connectivity index (χ1v) is 9.25. The van der Waals surface area contributed by atoms with Gasteiger partial charge in [0.15, 0.2) is 0 Å². The number of aromatic nitrogens is 2. The molecule has 0 aliphatic carbocycles. The van der Waals surface area contributed by atoms with Gasteiger partial charge in [0.05, 0.1) is 16.3 Å². The molecule has 1 aromatic carbocycles. The number of hydrogen-bond acceptors (Lipinski definition) is 6. The van der Waals surface area contributed by atoms with Gasteiger partial charge in [-0.15, -0.1) is 21.5 Å². The summed E-state index contributed by atoms with van der Waals surface area (Å²) in [7, 11) is -3.62. The van der Waals surface area contributed by atoms with Crippen LogP contribution in [0.2, 0.25) is 0 Å². The molecule has 0 fully saturated rings. The number of rotatable bonds is 5. The summed E-state index contributed by atoms with van der Waals surface area (Å²) in [5.41, 5.74) is 1.96. The van der Waals surface area contributed by atoms with E-state index in [-0.39, 0.29) is 17.3 Å². The van der Waals surface area contributed by atoms with Crippen LogP contribution in [0.25, 0.3) is 10.8 Å². The largest absolute Gasteiger partial charge is 0.418 e. The molecule has 2 heterocycles. The van der Waals surface area contributed by atoms with Crippen molar-refractivity contribution in [1.29, 1.82) is 0 Å². The lowest BCUT2D eigenvalue weighted by Crippen LogP contribution is -2.23. The topological polar surface area (TPSA) is 85.1 Å². The zero-order valence-electron chi connectivity index (χ0n) is 12.6. The fourth-order valence-corrected chi connectivity index (χ4v) is 3.65. The first-order chi connectivity index (χ1) is 11.0. The molecule has 8 heteroatoms. The van der Waals surface area contributed by atoms with Gasteiger partial charge in [0.25, 0.3) is 5.89 Å². The quantitative estimate of drug-likeness (QED) is 0.765. The minimum absolute atomic E-state index is 0.0480. The molecule has 0 radical (unpaired) electrons. The van der Waals surface area contributed by atoms with Crippen LogP contribution in [0.15, 0.2) is 45.0 Å². The molecule has 120 valence electrons. The van der Waals surface area contributed by atoms with Crippen molar-refractivity contribution >= 4 is 21.4 Å². The van der Waals surface area contributed by atoms with Crippen LogP contribution in [-0.2, 0) is 16.6 Å². The molecule has 0 saturated carbocycles. The van der Waals surface area contributed by atoms with Crippen molar-refractivity contribution in [2.45, 2.75) is 25.3 Å². The summed E-state index contributed by atoms with van der Waals surface area (Å²) in [6.45, 7) is 3.76. The van der Waals surface area contributed by atoms with Gasteiger partial charge in [-0.2, -0.15) is 0 Å².